The fourth-order valence-corrected chi connectivity index (χ4v) is 3.50. The Balaban J connectivity index is 1.73. The summed E-state index contributed by atoms with van der Waals surface area (Å²) >= 11 is 0. The molecule has 0 spiro atoms. The molecule has 0 amide bonds. The first-order valence-electron chi connectivity index (χ1n) is 8.95. The maximum absolute atomic E-state index is 14.0. The predicted molar refractivity (Wildman–Crippen MR) is 104 cm³/mol. The van der Waals surface area contributed by atoms with E-state index in [0.29, 0.717) is 22.8 Å². The number of fused-ring (bicyclic) bond motifs is 1. The van der Waals surface area contributed by atoms with E-state index in [-0.39, 0.29) is 5.75 Å². The van der Waals surface area contributed by atoms with Crippen molar-refractivity contribution in [1.29, 1.82) is 0 Å². The van der Waals surface area contributed by atoms with E-state index in [1.165, 1.54) is 19.2 Å². The second-order valence-electron chi connectivity index (χ2n) is 6.82. The maximum atomic E-state index is 14.0. The van der Waals surface area contributed by atoms with Crippen molar-refractivity contribution in [2.75, 3.05) is 31.6 Å². The highest BCUT2D eigenvalue weighted by atomic mass is 19.1. The average Bonchev–Trinajstić information content (AvgIpc) is 2.67. The molecule has 1 saturated heterocycles. The number of anilines is 1. The lowest BCUT2D eigenvalue weighted by Gasteiger charge is -2.33. The Morgan fingerprint density at radius 3 is 2.81 bits per heavy atom. The number of halogens is 1. The first-order valence-corrected chi connectivity index (χ1v) is 8.95. The minimum absolute atomic E-state index is 0.138. The van der Waals surface area contributed by atoms with Crippen molar-refractivity contribution in [3.8, 4) is 16.9 Å². The summed E-state index contributed by atoms with van der Waals surface area (Å²) in [5.41, 5.74) is 1.86. The third-order valence-corrected chi connectivity index (χ3v) is 4.92. The lowest BCUT2D eigenvalue weighted by atomic mass is 10.1. The summed E-state index contributed by atoms with van der Waals surface area (Å²) in [5.74, 6) is -0.378. The van der Waals surface area contributed by atoms with Crippen LogP contribution < -0.4 is 20.6 Å². The number of hydrogen-bond donors (Lipinski definition) is 1. The quantitative estimate of drug-likeness (QED) is 0.718. The van der Waals surface area contributed by atoms with Crippen molar-refractivity contribution in [1.82, 2.24) is 5.32 Å². The summed E-state index contributed by atoms with van der Waals surface area (Å²) in [6, 6.07) is 12.4. The maximum Gasteiger partial charge on any atom is 0.344 e. The molecular weight excluding hydrogens is 347 g/mol. The van der Waals surface area contributed by atoms with Crippen molar-refractivity contribution in [2.45, 2.75) is 13.0 Å². The Hall–Kier alpha value is -2.86. The van der Waals surface area contributed by atoms with Gasteiger partial charge in [0.15, 0.2) is 11.6 Å². The Morgan fingerprint density at radius 2 is 2.07 bits per heavy atom. The number of ether oxygens (including phenoxy) is 1. The molecule has 0 radical (unpaired) electrons. The molecule has 3 aromatic rings. The van der Waals surface area contributed by atoms with Crippen molar-refractivity contribution >= 4 is 16.7 Å². The molecule has 1 aliphatic heterocycles. The van der Waals surface area contributed by atoms with E-state index in [4.69, 9.17) is 9.15 Å². The molecule has 1 aromatic heterocycles. The minimum Gasteiger partial charge on any atom is -0.494 e. The van der Waals surface area contributed by atoms with Gasteiger partial charge in [-0.15, -0.1) is 0 Å². The van der Waals surface area contributed by atoms with Crippen LogP contribution in [-0.4, -0.2) is 32.8 Å². The molecule has 5 nitrogen and oxygen atoms in total. The summed E-state index contributed by atoms with van der Waals surface area (Å²) in [5, 5.41) is 4.21. The molecule has 6 heteroatoms. The van der Waals surface area contributed by atoms with Gasteiger partial charge in [-0.05, 0) is 42.8 Å². The van der Waals surface area contributed by atoms with E-state index in [9.17, 15) is 9.18 Å². The number of methoxy groups -OCH3 is 1. The molecule has 1 N–H and O–H groups in total. The number of nitrogens with zero attached hydrogens (tertiary/aromatic N) is 1. The molecule has 27 heavy (non-hydrogen) atoms. The average molecular weight is 368 g/mol. The Bertz CT molecular complexity index is 1050. The van der Waals surface area contributed by atoms with Crippen LogP contribution in [0.2, 0.25) is 0 Å². The molecule has 4 rings (SSSR count). The van der Waals surface area contributed by atoms with Crippen LogP contribution in [0, 0.1) is 5.82 Å². The number of benzene rings is 2. The molecule has 140 valence electrons. The van der Waals surface area contributed by atoms with Gasteiger partial charge in [-0.25, -0.2) is 9.18 Å². The van der Waals surface area contributed by atoms with E-state index in [1.54, 1.807) is 12.1 Å². The highest BCUT2D eigenvalue weighted by molar-refractivity contribution is 5.84. The molecular formula is C21H21FN2O3. The molecule has 1 aliphatic rings. The normalized spacial score (nSPS) is 17.3. The zero-order valence-electron chi connectivity index (χ0n) is 15.3. The number of piperazine rings is 1. The van der Waals surface area contributed by atoms with Crippen LogP contribution in [0.1, 0.15) is 6.92 Å². The number of nitrogens with one attached hydrogen (secondary N) is 1. The fraction of sp³-hybridized carbons (Fsp3) is 0.286. The highest BCUT2D eigenvalue weighted by Crippen LogP contribution is 2.28. The topological polar surface area (TPSA) is 54.7 Å². The molecule has 1 fully saturated rings. The van der Waals surface area contributed by atoms with Crippen LogP contribution in [0.3, 0.4) is 0 Å². The van der Waals surface area contributed by atoms with Gasteiger partial charge in [0.05, 0.1) is 12.7 Å². The zero-order chi connectivity index (χ0) is 19.0. The van der Waals surface area contributed by atoms with Crippen LogP contribution in [0.4, 0.5) is 10.1 Å². The molecule has 2 heterocycles. The zero-order valence-corrected chi connectivity index (χ0v) is 15.3. The van der Waals surface area contributed by atoms with Crippen LogP contribution in [0.15, 0.2) is 51.7 Å². The van der Waals surface area contributed by atoms with Gasteiger partial charge >= 0.3 is 5.63 Å². The minimum atomic E-state index is -0.516. The Kier molecular flexibility index (Phi) is 4.58. The monoisotopic (exact) mass is 368 g/mol. The van der Waals surface area contributed by atoms with Crippen molar-refractivity contribution in [3.63, 3.8) is 0 Å². The van der Waals surface area contributed by atoms with Gasteiger partial charge in [0, 0.05) is 42.8 Å². The van der Waals surface area contributed by atoms with Gasteiger partial charge < -0.3 is 19.4 Å². The third kappa shape index (κ3) is 3.40. The van der Waals surface area contributed by atoms with Crippen LogP contribution in [0.5, 0.6) is 5.75 Å². The largest absolute Gasteiger partial charge is 0.494 e. The summed E-state index contributed by atoms with van der Waals surface area (Å²) in [6.07, 6.45) is 0. The van der Waals surface area contributed by atoms with Gasteiger partial charge in [-0.2, -0.15) is 0 Å². The molecule has 0 bridgehead atoms. The SMILES string of the molecule is COc1ccc(-c2cc3ccc(N4CCNC(C)C4)cc3oc2=O)cc1F. The standard InChI is InChI=1S/C21H21FN2O3/c1-13-12-24(8-7-23-13)16-5-3-15-9-17(21(25)27-20(15)11-16)14-4-6-19(26-2)18(22)10-14/h3-6,9-11,13,23H,7-8,12H2,1-2H3. The second kappa shape index (κ2) is 7.04. The summed E-state index contributed by atoms with van der Waals surface area (Å²) < 4.78 is 24.5. The Labute approximate surface area is 156 Å². The molecule has 1 atom stereocenters. The van der Waals surface area contributed by atoms with Crippen LogP contribution >= 0.6 is 0 Å². The molecule has 1 unspecified atom stereocenters. The fourth-order valence-electron chi connectivity index (χ4n) is 3.50. The molecule has 2 aromatic carbocycles. The third-order valence-electron chi connectivity index (χ3n) is 4.92. The van der Waals surface area contributed by atoms with Gasteiger partial charge in [0.2, 0.25) is 0 Å². The lowest BCUT2D eigenvalue weighted by Crippen LogP contribution is -2.49. The summed E-state index contributed by atoms with van der Waals surface area (Å²) in [6.45, 7) is 4.88. The Morgan fingerprint density at radius 1 is 1.22 bits per heavy atom. The van der Waals surface area contributed by atoms with Crippen molar-refractivity contribution < 1.29 is 13.5 Å². The smallest absolute Gasteiger partial charge is 0.344 e. The van der Waals surface area contributed by atoms with Crippen LogP contribution in [-0.2, 0) is 0 Å². The summed E-state index contributed by atoms with van der Waals surface area (Å²) in [4.78, 5) is 14.8. The first-order chi connectivity index (χ1) is 13.0. The van der Waals surface area contributed by atoms with Crippen molar-refractivity contribution in [2.24, 2.45) is 0 Å². The van der Waals surface area contributed by atoms with E-state index in [2.05, 4.69) is 17.1 Å². The van der Waals surface area contributed by atoms with Gasteiger partial charge in [-0.3, -0.25) is 0 Å². The van der Waals surface area contributed by atoms with E-state index in [0.717, 1.165) is 30.7 Å². The summed E-state index contributed by atoms with van der Waals surface area (Å²) in [7, 11) is 1.40. The van der Waals surface area contributed by atoms with Gasteiger partial charge in [0.25, 0.3) is 0 Å². The first kappa shape index (κ1) is 17.5. The lowest BCUT2D eigenvalue weighted by molar-refractivity contribution is 0.386. The predicted octanol–water partition coefficient (Wildman–Crippen LogP) is 3.41. The highest BCUT2D eigenvalue weighted by Gasteiger charge is 2.17. The van der Waals surface area contributed by atoms with Gasteiger partial charge in [0.1, 0.15) is 5.58 Å². The second-order valence-corrected chi connectivity index (χ2v) is 6.82. The van der Waals surface area contributed by atoms with E-state index >= 15 is 0 Å². The van der Waals surface area contributed by atoms with E-state index in [1.807, 2.05) is 18.2 Å². The van der Waals surface area contributed by atoms with Crippen LogP contribution in [0.25, 0.3) is 22.1 Å². The van der Waals surface area contributed by atoms with E-state index < -0.39 is 11.4 Å². The molecule has 0 aliphatic carbocycles. The van der Waals surface area contributed by atoms with Crippen molar-refractivity contribution in [3.05, 3.63) is 58.7 Å². The number of rotatable bonds is 3. The van der Waals surface area contributed by atoms with Gasteiger partial charge in [-0.1, -0.05) is 6.07 Å². The molecule has 0 saturated carbocycles. The number of hydrogen-bond acceptors (Lipinski definition) is 5.